The molecule has 0 N–H and O–H groups in total. The molecule has 0 heterocycles. The molecule has 6 heteroatoms. The van der Waals surface area contributed by atoms with E-state index in [0.717, 1.165) is 0 Å². The number of ether oxygens (including phenoxy) is 1. The predicted molar refractivity (Wildman–Crippen MR) is 79.0 cm³/mol. The van der Waals surface area contributed by atoms with Crippen LogP contribution < -0.4 is 0 Å². The van der Waals surface area contributed by atoms with Crippen molar-refractivity contribution in [3.05, 3.63) is 21.8 Å². The highest BCUT2D eigenvalue weighted by atomic mass is 16.6. The highest BCUT2D eigenvalue weighted by Gasteiger charge is 2.42. The van der Waals surface area contributed by atoms with Crippen LogP contribution in [0.2, 0.25) is 0 Å². The second kappa shape index (κ2) is 9.11. The van der Waals surface area contributed by atoms with Gasteiger partial charge in [-0.3, -0.25) is 10.1 Å². The van der Waals surface area contributed by atoms with Crippen molar-refractivity contribution in [1.82, 2.24) is 0 Å². The van der Waals surface area contributed by atoms with Gasteiger partial charge in [-0.15, -0.1) is 0 Å². The first kappa shape index (κ1) is 19.1. The van der Waals surface area contributed by atoms with E-state index in [9.17, 15) is 20.2 Å². The van der Waals surface area contributed by atoms with Crippen LogP contribution in [0.1, 0.15) is 53.4 Å². The summed E-state index contributed by atoms with van der Waals surface area (Å²) in [6, 6.07) is 1.41. The summed E-state index contributed by atoms with van der Waals surface area (Å²) in [6.45, 7) is 7.07. The number of nitrogens with zero attached hydrogens (tertiary/aromatic N) is 2. The molecule has 0 bridgehead atoms. The van der Waals surface area contributed by atoms with Crippen molar-refractivity contribution in [1.29, 1.82) is 5.26 Å². The fraction of sp³-hybridized carbons (Fsp3) is 0.733. The molecule has 0 radical (unpaired) electrons. The van der Waals surface area contributed by atoms with Gasteiger partial charge in [0.05, 0.1) is 12.7 Å². The maximum atomic E-state index is 12.2. The van der Waals surface area contributed by atoms with Crippen molar-refractivity contribution < 1.29 is 14.5 Å². The van der Waals surface area contributed by atoms with Gasteiger partial charge in [0, 0.05) is 18.3 Å². The van der Waals surface area contributed by atoms with Gasteiger partial charge in [-0.2, -0.15) is 5.26 Å². The molecule has 2 atom stereocenters. The van der Waals surface area contributed by atoms with E-state index in [2.05, 4.69) is 6.07 Å². The van der Waals surface area contributed by atoms with Gasteiger partial charge in [-0.25, -0.2) is 4.79 Å². The number of hydrogen-bond donors (Lipinski definition) is 0. The monoisotopic (exact) mass is 296 g/mol. The molecule has 0 saturated carbocycles. The zero-order valence-corrected chi connectivity index (χ0v) is 13.2. The lowest BCUT2D eigenvalue weighted by Crippen LogP contribution is -2.34. The lowest BCUT2D eigenvalue weighted by Gasteiger charge is -2.27. The van der Waals surface area contributed by atoms with Crippen LogP contribution >= 0.6 is 0 Å². The number of rotatable bonds is 9. The predicted octanol–water partition coefficient (Wildman–Crippen LogP) is 3.25. The minimum Gasteiger partial charge on any atom is -0.465 e. The third-order valence-electron chi connectivity index (χ3n) is 3.63. The molecule has 2 unspecified atom stereocenters. The average molecular weight is 296 g/mol. The lowest BCUT2D eigenvalue weighted by molar-refractivity contribution is -0.519. The normalized spacial score (nSPS) is 15.7. The second-order valence-electron chi connectivity index (χ2n) is 4.93. The molecule has 0 aliphatic rings. The van der Waals surface area contributed by atoms with Crippen molar-refractivity contribution in [2.45, 2.75) is 59.4 Å². The quantitative estimate of drug-likeness (QED) is 0.282. The Hall–Kier alpha value is -1.90. The van der Waals surface area contributed by atoms with Crippen LogP contribution in [0, 0.1) is 26.9 Å². The van der Waals surface area contributed by atoms with Crippen LogP contribution in [0.15, 0.2) is 11.6 Å². The molecule has 0 aromatic carbocycles. The van der Waals surface area contributed by atoms with E-state index in [1.165, 1.54) is 6.92 Å². The van der Waals surface area contributed by atoms with Gasteiger partial charge < -0.3 is 4.74 Å². The average Bonchev–Trinajstić information content (AvgIpc) is 2.46. The molecule has 0 aromatic rings. The van der Waals surface area contributed by atoms with Gasteiger partial charge in [0.1, 0.15) is 0 Å². The van der Waals surface area contributed by atoms with E-state index in [1.54, 1.807) is 19.9 Å². The smallest absolute Gasteiger partial charge is 0.330 e. The molecule has 0 spiro atoms. The summed E-state index contributed by atoms with van der Waals surface area (Å²) in [5.41, 5.74) is -0.618. The molecule has 0 amide bonds. The van der Waals surface area contributed by atoms with Crippen molar-refractivity contribution >= 4 is 5.97 Å². The molecule has 118 valence electrons. The fourth-order valence-electron chi connectivity index (χ4n) is 2.34. The number of carbonyl (C=O) groups excluding carboxylic acids is 1. The van der Waals surface area contributed by atoms with Crippen molar-refractivity contribution in [2.75, 3.05) is 6.61 Å². The Morgan fingerprint density at radius 2 is 2.14 bits per heavy atom. The van der Waals surface area contributed by atoms with Crippen LogP contribution in [0.25, 0.3) is 0 Å². The third kappa shape index (κ3) is 4.85. The standard InChI is InChI=1S/C15H24N2O4/c1-5-13(6-2)15(11-16,14(18)21-7-3)10-8-9-12(4)17(19)20/h5,12H,6-10H2,1-4H3/b13-5+. The van der Waals surface area contributed by atoms with Gasteiger partial charge in [0.15, 0.2) is 5.41 Å². The van der Waals surface area contributed by atoms with Gasteiger partial charge in [0.25, 0.3) is 0 Å². The topological polar surface area (TPSA) is 93.2 Å². The Labute approximate surface area is 125 Å². The zero-order valence-electron chi connectivity index (χ0n) is 13.2. The van der Waals surface area contributed by atoms with Crippen molar-refractivity contribution in [2.24, 2.45) is 5.41 Å². The van der Waals surface area contributed by atoms with Gasteiger partial charge in [-0.05, 0) is 38.7 Å². The highest BCUT2D eigenvalue weighted by Crippen LogP contribution is 2.36. The minimum absolute atomic E-state index is 0.203. The van der Waals surface area contributed by atoms with E-state index in [1.807, 2.05) is 6.92 Å². The first-order valence-electron chi connectivity index (χ1n) is 7.27. The minimum atomic E-state index is -1.32. The molecular formula is C15H24N2O4. The van der Waals surface area contributed by atoms with Gasteiger partial charge in [0.2, 0.25) is 6.04 Å². The Balaban J connectivity index is 5.18. The summed E-state index contributed by atoms with van der Waals surface area (Å²) < 4.78 is 5.05. The van der Waals surface area contributed by atoms with Crippen LogP contribution in [-0.2, 0) is 9.53 Å². The van der Waals surface area contributed by atoms with Crippen LogP contribution in [-0.4, -0.2) is 23.5 Å². The molecule has 21 heavy (non-hydrogen) atoms. The maximum absolute atomic E-state index is 12.2. The van der Waals surface area contributed by atoms with E-state index < -0.39 is 17.4 Å². The molecule has 0 rings (SSSR count). The lowest BCUT2D eigenvalue weighted by atomic mass is 9.75. The van der Waals surface area contributed by atoms with Crippen molar-refractivity contribution in [3.63, 3.8) is 0 Å². The zero-order chi connectivity index (χ0) is 16.5. The van der Waals surface area contributed by atoms with E-state index in [4.69, 9.17) is 4.74 Å². The molecule has 0 saturated heterocycles. The first-order chi connectivity index (χ1) is 9.89. The SMILES string of the molecule is C/C=C(\CC)C(C#N)(CCCC(C)[N+](=O)[O-])C(=O)OCC. The van der Waals surface area contributed by atoms with Crippen LogP contribution in [0.3, 0.4) is 0 Å². The van der Waals surface area contributed by atoms with Crippen molar-refractivity contribution in [3.8, 4) is 6.07 Å². The number of allylic oxidation sites excluding steroid dienone is 1. The summed E-state index contributed by atoms with van der Waals surface area (Å²) >= 11 is 0. The molecule has 6 nitrogen and oxygen atoms in total. The Morgan fingerprint density at radius 1 is 1.52 bits per heavy atom. The number of carbonyl (C=O) groups is 1. The highest BCUT2D eigenvalue weighted by molar-refractivity contribution is 5.84. The summed E-state index contributed by atoms with van der Waals surface area (Å²) in [5.74, 6) is -0.559. The third-order valence-corrected chi connectivity index (χ3v) is 3.63. The number of hydrogen-bond acceptors (Lipinski definition) is 5. The van der Waals surface area contributed by atoms with Gasteiger partial charge in [-0.1, -0.05) is 13.0 Å². The van der Waals surface area contributed by atoms with E-state index in [-0.39, 0.29) is 18.0 Å². The molecular weight excluding hydrogens is 272 g/mol. The number of esters is 1. The number of nitriles is 1. The largest absolute Gasteiger partial charge is 0.465 e. The van der Waals surface area contributed by atoms with E-state index >= 15 is 0 Å². The maximum Gasteiger partial charge on any atom is 0.330 e. The Bertz CT molecular complexity index is 439. The Morgan fingerprint density at radius 3 is 2.52 bits per heavy atom. The molecule has 0 fully saturated rings. The summed E-state index contributed by atoms with van der Waals surface area (Å²) in [5, 5.41) is 20.2. The molecule has 0 aromatic heterocycles. The second-order valence-corrected chi connectivity index (χ2v) is 4.93. The number of nitro groups is 1. The van der Waals surface area contributed by atoms with Crippen LogP contribution in [0.5, 0.6) is 0 Å². The summed E-state index contributed by atoms with van der Waals surface area (Å²) in [4.78, 5) is 22.5. The Kier molecular flexibility index (Phi) is 8.29. The van der Waals surface area contributed by atoms with Gasteiger partial charge >= 0.3 is 5.97 Å². The van der Waals surface area contributed by atoms with Crippen LogP contribution in [0.4, 0.5) is 0 Å². The summed E-state index contributed by atoms with van der Waals surface area (Å²) in [7, 11) is 0. The first-order valence-corrected chi connectivity index (χ1v) is 7.27. The molecule has 0 aliphatic carbocycles. The summed E-state index contributed by atoms with van der Waals surface area (Å²) in [6.07, 6.45) is 3.32. The molecule has 0 aliphatic heterocycles. The van der Waals surface area contributed by atoms with E-state index in [0.29, 0.717) is 24.8 Å². The fourth-order valence-corrected chi connectivity index (χ4v) is 2.34.